The van der Waals surface area contributed by atoms with Crippen molar-refractivity contribution in [1.82, 2.24) is 4.98 Å². The van der Waals surface area contributed by atoms with Crippen LogP contribution in [0, 0.1) is 12.7 Å². The molecule has 2 amide bonds. The molecule has 0 saturated heterocycles. The first-order valence-electron chi connectivity index (χ1n) is 8.70. The summed E-state index contributed by atoms with van der Waals surface area (Å²) in [5.41, 5.74) is 2.56. The van der Waals surface area contributed by atoms with Crippen molar-refractivity contribution in [3.63, 3.8) is 0 Å². The lowest BCUT2D eigenvalue weighted by Crippen LogP contribution is -2.14. The molecular weight excluding hydrogens is 365 g/mol. The molecule has 2 aromatic carbocycles. The first-order chi connectivity index (χ1) is 12.9. The summed E-state index contributed by atoms with van der Waals surface area (Å²) in [5, 5.41) is 6.05. The van der Waals surface area contributed by atoms with Crippen LogP contribution in [0.4, 0.5) is 15.2 Å². The minimum atomic E-state index is -0.350. The number of halogens is 1. The molecule has 0 unspecified atom stereocenters. The average molecular weight is 385 g/mol. The van der Waals surface area contributed by atoms with E-state index < -0.39 is 0 Å². The fourth-order valence-corrected chi connectivity index (χ4v) is 3.55. The minimum absolute atomic E-state index is 0.0542. The van der Waals surface area contributed by atoms with E-state index in [-0.39, 0.29) is 24.1 Å². The van der Waals surface area contributed by atoms with E-state index in [1.807, 2.05) is 25.1 Å². The summed E-state index contributed by atoms with van der Waals surface area (Å²) in [5.74, 6) is -0.628. The first-order valence-corrected chi connectivity index (χ1v) is 9.51. The molecule has 1 aromatic heterocycles. The third kappa shape index (κ3) is 4.89. The summed E-state index contributed by atoms with van der Waals surface area (Å²) in [6.07, 6.45) is 1.41. The molecule has 0 fully saturated rings. The lowest BCUT2D eigenvalue weighted by Gasteiger charge is -2.06. The van der Waals surface area contributed by atoms with Crippen LogP contribution in [-0.4, -0.2) is 16.8 Å². The lowest BCUT2D eigenvalue weighted by atomic mass is 10.1. The van der Waals surface area contributed by atoms with Gasteiger partial charge < -0.3 is 10.6 Å². The third-order valence-corrected chi connectivity index (χ3v) is 4.93. The highest BCUT2D eigenvalue weighted by Crippen LogP contribution is 2.27. The van der Waals surface area contributed by atoms with Gasteiger partial charge in [-0.2, -0.15) is 0 Å². The Morgan fingerprint density at radius 3 is 2.67 bits per heavy atom. The van der Waals surface area contributed by atoms with Crippen LogP contribution in [0.2, 0.25) is 0 Å². The van der Waals surface area contributed by atoms with Crippen LogP contribution in [0.15, 0.2) is 36.4 Å². The monoisotopic (exact) mass is 385 g/mol. The lowest BCUT2D eigenvalue weighted by molar-refractivity contribution is -0.116. The molecule has 27 heavy (non-hydrogen) atoms. The van der Waals surface area contributed by atoms with Crippen molar-refractivity contribution in [2.45, 2.75) is 33.1 Å². The second-order valence-electron chi connectivity index (χ2n) is 6.31. The van der Waals surface area contributed by atoms with E-state index in [4.69, 9.17) is 0 Å². The number of fused-ring (bicyclic) bond motifs is 1. The number of carbonyl (C=O) groups excluding carboxylic acids is 2. The van der Waals surface area contributed by atoms with Crippen molar-refractivity contribution in [2.75, 3.05) is 10.6 Å². The van der Waals surface area contributed by atoms with Crippen molar-refractivity contribution in [3.05, 3.63) is 53.3 Å². The van der Waals surface area contributed by atoms with E-state index >= 15 is 0 Å². The zero-order chi connectivity index (χ0) is 19.4. The molecular formula is C20H20FN3O2S. The summed E-state index contributed by atoms with van der Waals surface area (Å²) in [6, 6.07) is 10.2. The highest BCUT2D eigenvalue weighted by molar-refractivity contribution is 7.22. The molecule has 140 valence electrons. The number of thiazole rings is 1. The van der Waals surface area contributed by atoms with Gasteiger partial charge in [0.1, 0.15) is 5.82 Å². The number of nitrogens with one attached hydrogen (secondary N) is 2. The van der Waals surface area contributed by atoms with Crippen LogP contribution in [-0.2, 0) is 16.0 Å². The Kier molecular flexibility index (Phi) is 5.81. The van der Waals surface area contributed by atoms with Crippen molar-refractivity contribution in [3.8, 4) is 0 Å². The molecule has 0 spiro atoms. The molecule has 7 heteroatoms. The third-order valence-electron chi connectivity index (χ3n) is 4.00. The van der Waals surface area contributed by atoms with Crippen molar-refractivity contribution in [2.24, 2.45) is 0 Å². The van der Waals surface area contributed by atoms with E-state index in [0.29, 0.717) is 22.8 Å². The maximum atomic E-state index is 13.6. The maximum absolute atomic E-state index is 13.6. The first kappa shape index (κ1) is 19.0. The van der Waals surface area contributed by atoms with Gasteiger partial charge in [-0.25, -0.2) is 9.37 Å². The Bertz CT molecular complexity index is 1000. The van der Waals surface area contributed by atoms with E-state index in [9.17, 15) is 14.0 Å². The molecule has 2 N–H and O–H groups in total. The molecule has 0 aliphatic rings. The molecule has 0 aliphatic carbocycles. The zero-order valence-electron chi connectivity index (χ0n) is 15.1. The van der Waals surface area contributed by atoms with Crippen molar-refractivity contribution < 1.29 is 14.0 Å². The second-order valence-corrected chi connectivity index (χ2v) is 7.34. The quantitative estimate of drug-likeness (QED) is 0.648. The van der Waals surface area contributed by atoms with E-state index in [2.05, 4.69) is 15.6 Å². The van der Waals surface area contributed by atoms with Gasteiger partial charge in [-0.3, -0.25) is 9.59 Å². The predicted octanol–water partition coefficient (Wildman–Crippen LogP) is 4.66. The molecule has 0 saturated carbocycles. The number of hydrogen-bond donors (Lipinski definition) is 2. The number of rotatable bonds is 6. The molecule has 1 heterocycles. The fourth-order valence-electron chi connectivity index (χ4n) is 2.60. The minimum Gasteiger partial charge on any atom is -0.326 e. The molecule has 0 bridgehead atoms. The normalized spacial score (nSPS) is 10.8. The van der Waals surface area contributed by atoms with Crippen molar-refractivity contribution >= 4 is 44.2 Å². The van der Waals surface area contributed by atoms with Crippen LogP contribution in [0.1, 0.15) is 30.9 Å². The molecule has 0 radical (unpaired) electrons. The van der Waals surface area contributed by atoms with Gasteiger partial charge in [-0.1, -0.05) is 30.4 Å². The van der Waals surface area contributed by atoms with Gasteiger partial charge >= 0.3 is 0 Å². The van der Waals surface area contributed by atoms with Crippen LogP contribution in [0.5, 0.6) is 0 Å². The topological polar surface area (TPSA) is 71.1 Å². The summed E-state index contributed by atoms with van der Waals surface area (Å²) in [7, 11) is 0. The zero-order valence-corrected chi connectivity index (χ0v) is 16.0. The van der Waals surface area contributed by atoms with Crippen LogP contribution in [0.3, 0.4) is 0 Å². The van der Waals surface area contributed by atoms with Gasteiger partial charge in [0.15, 0.2) is 5.13 Å². The van der Waals surface area contributed by atoms with Gasteiger partial charge in [0.2, 0.25) is 11.8 Å². The summed E-state index contributed by atoms with van der Waals surface area (Å²) in [4.78, 5) is 28.3. The number of nitrogens with zero attached hydrogens (tertiary/aromatic N) is 1. The fraction of sp³-hybridized carbons (Fsp3) is 0.250. The molecule has 0 atom stereocenters. The Labute approximate surface area is 160 Å². The van der Waals surface area contributed by atoms with Gasteiger partial charge in [-0.05, 0) is 48.7 Å². The SMILES string of the molecule is CCCC(=O)Nc1nc2ccc(CC(=O)Nc3ccc(C)c(F)c3)cc2s1. The number of anilines is 2. The molecule has 3 rings (SSSR count). The number of benzene rings is 2. The van der Waals surface area contributed by atoms with Gasteiger partial charge in [-0.15, -0.1) is 0 Å². The van der Waals surface area contributed by atoms with E-state index in [0.717, 1.165) is 22.2 Å². The summed E-state index contributed by atoms with van der Waals surface area (Å²) in [6.45, 7) is 3.62. The second kappa shape index (κ2) is 8.26. The van der Waals surface area contributed by atoms with Gasteiger partial charge in [0.25, 0.3) is 0 Å². The summed E-state index contributed by atoms with van der Waals surface area (Å²) < 4.78 is 14.5. The van der Waals surface area contributed by atoms with Gasteiger partial charge in [0.05, 0.1) is 16.6 Å². The predicted molar refractivity (Wildman–Crippen MR) is 107 cm³/mol. The number of amides is 2. The highest BCUT2D eigenvalue weighted by Gasteiger charge is 2.10. The number of aromatic nitrogens is 1. The standard InChI is InChI=1S/C20H20FN3O2S/c1-3-4-18(25)24-20-23-16-8-6-13(9-17(16)27-20)10-19(26)22-14-7-5-12(2)15(21)11-14/h5-9,11H,3-4,10H2,1-2H3,(H,22,26)(H,23,24,25). The molecule has 5 nitrogen and oxygen atoms in total. The van der Waals surface area contributed by atoms with E-state index in [1.54, 1.807) is 19.1 Å². The molecule has 0 aliphatic heterocycles. The summed E-state index contributed by atoms with van der Waals surface area (Å²) >= 11 is 1.38. The smallest absolute Gasteiger partial charge is 0.228 e. The largest absolute Gasteiger partial charge is 0.326 e. The van der Waals surface area contributed by atoms with Crippen LogP contribution in [0.25, 0.3) is 10.2 Å². The Morgan fingerprint density at radius 2 is 1.93 bits per heavy atom. The number of aryl methyl sites for hydroxylation is 1. The van der Waals surface area contributed by atoms with E-state index in [1.165, 1.54) is 17.4 Å². The molecule has 3 aromatic rings. The Balaban J connectivity index is 1.68. The average Bonchev–Trinajstić information content (AvgIpc) is 2.99. The van der Waals surface area contributed by atoms with Gasteiger partial charge in [0, 0.05) is 12.1 Å². The Hall–Kier alpha value is -2.80. The van der Waals surface area contributed by atoms with Crippen LogP contribution >= 0.6 is 11.3 Å². The number of carbonyl (C=O) groups is 2. The van der Waals surface area contributed by atoms with Crippen LogP contribution < -0.4 is 10.6 Å². The Morgan fingerprint density at radius 1 is 1.11 bits per heavy atom. The highest BCUT2D eigenvalue weighted by atomic mass is 32.1. The van der Waals surface area contributed by atoms with Crippen molar-refractivity contribution in [1.29, 1.82) is 0 Å². The maximum Gasteiger partial charge on any atom is 0.228 e. The number of hydrogen-bond acceptors (Lipinski definition) is 4.